The number of amides is 2. The number of carbonyl (C=O) groups is 2. The molecule has 0 radical (unpaired) electrons. The van der Waals surface area contributed by atoms with Crippen molar-refractivity contribution in [1.82, 2.24) is 10.6 Å². The Hall–Kier alpha value is -1.75. The molecule has 17 heavy (non-hydrogen) atoms. The standard InChI is InChI=1S/C12H13FN2O2/c1-7(8-2-4-9(13)5-3-8)14-10-6-11(16)15-12(10)17/h2-5,7,10,14H,6H2,1H3,(H,15,16,17). The zero-order valence-corrected chi connectivity index (χ0v) is 9.37. The van der Waals surface area contributed by atoms with Gasteiger partial charge in [-0.15, -0.1) is 0 Å². The van der Waals surface area contributed by atoms with Crippen molar-refractivity contribution in [3.05, 3.63) is 35.6 Å². The van der Waals surface area contributed by atoms with E-state index in [1.165, 1.54) is 12.1 Å². The van der Waals surface area contributed by atoms with Crippen LogP contribution in [0.15, 0.2) is 24.3 Å². The van der Waals surface area contributed by atoms with Crippen LogP contribution in [0.3, 0.4) is 0 Å². The van der Waals surface area contributed by atoms with Gasteiger partial charge in [0, 0.05) is 6.04 Å². The first-order valence-electron chi connectivity index (χ1n) is 5.41. The average molecular weight is 236 g/mol. The van der Waals surface area contributed by atoms with Gasteiger partial charge in [0.15, 0.2) is 0 Å². The molecule has 1 saturated heterocycles. The molecule has 0 aromatic heterocycles. The molecule has 4 nitrogen and oxygen atoms in total. The van der Waals surface area contributed by atoms with Gasteiger partial charge in [-0.25, -0.2) is 4.39 Å². The molecule has 1 fully saturated rings. The van der Waals surface area contributed by atoms with Crippen molar-refractivity contribution in [2.75, 3.05) is 0 Å². The summed E-state index contributed by atoms with van der Waals surface area (Å²) in [7, 11) is 0. The normalized spacial score (nSPS) is 21.4. The van der Waals surface area contributed by atoms with Crippen LogP contribution in [-0.2, 0) is 9.59 Å². The molecular formula is C12H13FN2O2. The summed E-state index contributed by atoms with van der Waals surface area (Å²) in [5.41, 5.74) is 0.874. The van der Waals surface area contributed by atoms with Gasteiger partial charge in [-0.1, -0.05) is 12.1 Å². The number of imide groups is 1. The second-order valence-corrected chi connectivity index (χ2v) is 4.11. The van der Waals surface area contributed by atoms with Crippen LogP contribution in [0.2, 0.25) is 0 Å². The van der Waals surface area contributed by atoms with Crippen LogP contribution in [-0.4, -0.2) is 17.9 Å². The van der Waals surface area contributed by atoms with E-state index < -0.39 is 6.04 Å². The third-order valence-corrected chi connectivity index (χ3v) is 2.79. The van der Waals surface area contributed by atoms with E-state index in [0.717, 1.165) is 5.56 Å². The first-order chi connectivity index (χ1) is 8.06. The molecule has 2 unspecified atom stereocenters. The minimum Gasteiger partial charge on any atom is -0.299 e. The van der Waals surface area contributed by atoms with Crippen LogP contribution < -0.4 is 10.6 Å². The van der Waals surface area contributed by atoms with Crippen LogP contribution >= 0.6 is 0 Å². The topological polar surface area (TPSA) is 58.2 Å². The molecule has 2 N–H and O–H groups in total. The van der Waals surface area contributed by atoms with Gasteiger partial charge in [-0.2, -0.15) is 0 Å². The summed E-state index contributed by atoms with van der Waals surface area (Å²) >= 11 is 0. The van der Waals surface area contributed by atoms with Crippen LogP contribution in [0.4, 0.5) is 4.39 Å². The SMILES string of the molecule is CC(NC1CC(=O)NC1=O)c1ccc(F)cc1. The highest BCUT2D eigenvalue weighted by Crippen LogP contribution is 2.15. The van der Waals surface area contributed by atoms with Crippen LogP contribution in [0.25, 0.3) is 0 Å². The molecule has 90 valence electrons. The van der Waals surface area contributed by atoms with Gasteiger partial charge in [0.2, 0.25) is 11.8 Å². The summed E-state index contributed by atoms with van der Waals surface area (Å²) < 4.78 is 12.7. The smallest absolute Gasteiger partial charge is 0.244 e. The number of benzene rings is 1. The van der Waals surface area contributed by atoms with E-state index in [9.17, 15) is 14.0 Å². The summed E-state index contributed by atoms with van der Waals surface area (Å²) in [6, 6.07) is 5.43. The van der Waals surface area contributed by atoms with Crippen LogP contribution in [0.5, 0.6) is 0 Å². The molecule has 2 atom stereocenters. The Bertz CT molecular complexity index is 444. The van der Waals surface area contributed by atoms with Gasteiger partial charge in [-0.3, -0.25) is 20.2 Å². The largest absolute Gasteiger partial charge is 0.299 e. The number of hydrogen-bond acceptors (Lipinski definition) is 3. The maximum Gasteiger partial charge on any atom is 0.244 e. The Labute approximate surface area is 98.2 Å². The number of halogens is 1. The molecule has 1 aromatic carbocycles. The number of nitrogens with one attached hydrogen (secondary N) is 2. The van der Waals surface area contributed by atoms with Gasteiger partial charge in [0.1, 0.15) is 5.82 Å². The van der Waals surface area contributed by atoms with Crippen molar-refractivity contribution in [3.8, 4) is 0 Å². The van der Waals surface area contributed by atoms with E-state index in [0.29, 0.717) is 0 Å². The fourth-order valence-electron chi connectivity index (χ4n) is 1.84. The van der Waals surface area contributed by atoms with Crippen molar-refractivity contribution < 1.29 is 14.0 Å². The molecule has 0 spiro atoms. The third kappa shape index (κ3) is 2.68. The van der Waals surface area contributed by atoms with Crippen LogP contribution in [0, 0.1) is 5.82 Å². The fourth-order valence-corrected chi connectivity index (χ4v) is 1.84. The van der Waals surface area contributed by atoms with Crippen molar-refractivity contribution in [3.63, 3.8) is 0 Å². The van der Waals surface area contributed by atoms with E-state index in [1.54, 1.807) is 12.1 Å². The monoisotopic (exact) mass is 236 g/mol. The molecule has 0 saturated carbocycles. The van der Waals surface area contributed by atoms with Gasteiger partial charge >= 0.3 is 0 Å². The highest BCUT2D eigenvalue weighted by molar-refractivity contribution is 6.05. The lowest BCUT2D eigenvalue weighted by molar-refractivity contribution is -0.125. The fraction of sp³-hybridized carbons (Fsp3) is 0.333. The molecule has 0 bridgehead atoms. The van der Waals surface area contributed by atoms with Gasteiger partial charge < -0.3 is 0 Å². The first kappa shape index (κ1) is 11.7. The predicted molar refractivity (Wildman–Crippen MR) is 59.5 cm³/mol. The maximum absolute atomic E-state index is 12.7. The zero-order valence-electron chi connectivity index (χ0n) is 9.37. The minimum atomic E-state index is -0.498. The summed E-state index contributed by atoms with van der Waals surface area (Å²) in [5.74, 6) is -0.863. The lowest BCUT2D eigenvalue weighted by Gasteiger charge is -2.17. The number of hydrogen-bond donors (Lipinski definition) is 2. The van der Waals surface area contributed by atoms with E-state index in [2.05, 4.69) is 10.6 Å². The third-order valence-electron chi connectivity index (χ3n) is 2.79. The molecule has 1 aromatic rings. The quantitative estimate of drug-likeness (QED) is 0.766. The molecule has 0 aliphatic carbocycles. The van der Waals surface area contributed by atoms with Crippen molar-refractivity contribution in [2.45, 2.75) is 25.4 Å². The Morgan fingerprint density at radius 2 is 2.00 bits per heavy atom. The van der Waals surface area contributed by atoms with E-state index in [1.807, 2.05) is 6.92 Å². The second kappa shape index (κ2) is 4.63. The summed E-state index contributed by atoms with van der Waals surface area (Å²) in [5, 5.41) is 5.27. The Morgan fingerprint density at radius 1 is 1.35 bits per heavy atom. The summed E-state index contributed by atoms with van der Waals surface area (Å²) in [6.45, 7) is 1.86. The number of rotatable bonds is 3. The Kier molecular flexibility index (Phi) is 3.19. The Balaban J connectivity index is 2.01. The number of carbonyl (C=O) groups excluding carboxylic acids is 2. The van der Waals surface area contributed by atoms with Gasteiger partial charge in [-0.05, 0) is 24.6 Å². The van der Waals surface area contributed by atoms with E-state index in [-0.39, 0.29) is 30.1 Å². The molecule has 2 amide bonds. The van der Waals surface area contributed by atoms with E-state index >= 15 is 0 Å². The summed E-state index contributed by atoms with van der Waals surface area (Å²) in [4.78, 5) is 22.4. The van der Waals surface area contributed by atoms with E-state index in [4.69, 9.17) is 0 Å². The molecule has 1 aliphatic heterocycles. The predicted octanol–water partition coefficient (Wildman–Crippen LogP) is 0.891. The van der Waals surface area contributed by atoms with Gasteiger partial charge in [0.05, 0.1) is 12.5 Å². The van der Waals surface area contributed by atoms with Crippen LogP contribution in [0.1, 0.15) is 24.9 Å². The maximum atomic E-state index is 12.7. The lowest BCUT2D eigenvalue weighted by Crippen LogP contribution is -2.37. The molecule has 1 heterocycles. The molecular weight excluding hydrogens is 223 g/mol. The minimum absolute atomic E-state index is 0.114. The van der Waals surface area contributed by atoms with Crippen molar-refractivity contribution in [2.24, 2.45) is 0 Å². The second-order valence-electron chi connectivity index (χ2n) is 4.11. The molecule has 2 rings (SSSR count). The van der Waals surface area contributed by atoms with Crippen molar-refractivity contribution >= 4 is 11.8 Å². The molecule has 1 aliphatic rings. The van der Waals surface area contributed by atoms with Crippen molar-refractivity contribution in [1.29, 1.82) is 0 Å². The Morgan fingerprint density at radius 3 is 2.53 bits per heavy atom. The first-order valence-corrected chi connectivity index (χ1v) is 5.41. The average Bonchev–Trinajstić information content (AvgIpc) is 2.58. The highest BCUT2D eigenvalue weighted by Gasteiger charge is 2.31. The van der Waals surface area contributed by atoms with Gasteiger partial charge in [0.25, 0.3) is 0 Å². The lowest BCUT2D eigenvalue weighted by atomic mass is 10.1. The molecule has 5 heteroatoms. The zero-order chi connectivity index (χ0) is 12.4. The highest BCUT2D eigenvalue weighted by atomic mass is 19.1. The summed E-state index contributed by atoms with van der Waals surface area (Å²) in [6.07, 6.45) is 0.157.